The number of hydrogen-bond donors (Lipinski definition) is 2. The Kier molecular flexibility index (Phi) is 3.26. The first-order chi connectivity index (χ1) is 9.31. The summed E-state index contributed by atoms with van der Waals surface area (Å²) in [4.78, 5) is 16.4. The molecular weight excluding hydrogens is 242 g/mol. The Bertz CT molecular complexity index is 533. The van der Waals surface area contributed by atoms with Crippen LogP contribution in [0.5, 0.6) is 0 Å². The largest absolute Gasteiger partial charge is 0.368 e. The Morgan fingerprint density at radius 3 is 2.95 bits per heavy atom. The van der Waals surface area contributed by atoms with Crippen molar-refractivity contribution in [1.29, 1.82) is 0 Å². The molecule has 1 saturated carbocycles. The van der Waals surface area contributed by atoms with Gasteiger partial charge in [0.25, 0.3) is 0 Å². The van der Waals surface area contributed by atoms with E-state index in [0.29, 0.717) is 11.9 Å². The first-order valence-corrected chi connectivity index (χ1v) is 6.55. The molecule has 3 rings (SSSR count). The van der Waals surface area contributed by atoms with Gasteiger partial charge in [0, 0.05) is 18.9 Å². The molecule has 19 heavy (non-hydrogen) atoms. The van der Waals surface area contributed by atoms with E-state index >= 15 is 0 Å². The molecule has 0 unspecified atom stereocenters. The molecule has 0 amide bonds. The van der Waals surface area contributed by atoms with E-state index in [-0.39, 0.29) is 5.95 Å². The maximum Gasteiger partial charge on any atom is 0.241 e. The highest BCUT2D eigenvalue weighted by Crippen LogP contribution is 2.33. The summed E-state index contributed by atoms with van der Waals surface area (Å²) >= 11 is 0. The second-order valence-corrected chi connectivity index (χ2v) is 4.80. The summed E-state index contributed by atoms with van der Waals surface area (Å²) < 4.78 is 1.70. The van der Waals surface area contributed by atoms with Crippen molar-refractivity contribution < 1.29 is 0 Å². The highest BCUT2D eigenvalue weighted by atomic mass is 15.3. The molecule has 3 N–H and O–H groups in total. The van der Waals surface area contributed by atoms with E-state index < -0.39 is 0 Å². The number of hydrogen-bond acceptors (Lipinski definition) is 6. The van der Waals surface area contributed by atoms with Gasteiger partial charge in [0.1, 0.15) is 6.33 Å². The second-order valence-electron chi connectivity index (χ2n) is 4.80. The molecule has 0 aromatic carbocycles. The molecular formula is C12H17N7. The second kappa shape index (κ2) is 5.21. The van der Waals surface area contributed by atoms with Crippen LogP contribution >= 0.6 is 0 Å². The van der Waals surface area contributed by atoms with Crippen LogP contribution < -0.4 is 11.1 Å². The highest BCUT2D eigenvalue weighted by Gasteiger charge is 2.20. The normalized spacial score (nSPS) is 14.5. The topological polar surface area (TPSA) is 94.5 Å². The van der Waals surface area contributed by atoms with E-state index in [9.17, 15) is 0 Å². The third-order valence-electron chi connectivity index (χ3n) is 3.15. The molecule has 2 aromatic heterocycles. The van der Waals surface area contributed by atoms with Crippen molar-refractivity contribution >= 4 is 11.9 Å². The minimum atomic E-state index is 0.211. The molecule has 100 valence electrons. The van der Waals surface area contributed by atoms with Gasteiger partial charge in [-0.15, -0.1) is 0 Å². The summed E-state index contributed by atoms with van der Waals surface area (Å²) in [5, 5.41) is 3.20. The predicted molar refractivity (Wildman–Crippen MR) is 71.8 cm³/mol. The molecule has 7 nitrogen and oxygen atoms in total. The molecule has 2 heterocycles. The number of nitrogens with zero attached hydrogens (tertiary/aromatic N) is 5. The average molecular weight is 259 g/mol. The third kappa shape index (κ3) is 3.18. The molecule has 0 aliphatic heterocycles. The maximum absolute atomic E-state index is 5.69. The van der Waals surface area contributed by atoms with Gasteiger partial charge in [0.15, 0.2) is 0 Å². The van der Waals surface area contributed by atoms with Gasteiger partial charge >= 0.3 is 0 Å². The number of imidazole rings is 1. The van der Waals surface area contributed by atoms with Gasteiger partial charge in [-0.3, -0.25) is 4.57 Å². The third-order valence-corrected chi connectivity index (χ3v) is 3.15. The molecule has 0 spiro atoms. The van der Waals surface area contributed by atoms with Crippen molar-refractivity contribution in [2.45, 2.75) is 25.7 Å². The van der Waals surface area contributed by atoms with Gasteiger partial charge in [-0.05, 0) is 18.8 Å². The lowest BCUT2D eigenvalue weighted by atomic mass is 10.2. The van der Waals surface area contributed by atoms with Crippen molar-refractivity contribution in [1.82, 2.24) is 24.5 Å². The molecule has 0 radical (unpaired) electrons. The Balaban J connectivity index is 1.63. The summed E-state index contributed by atoms with van der Waals surface area (Å²) in [5.41, 5.74) is 5.69. The smallest absolute Gasteiger partial charge is 0.241 e. The van der Waals surface area contributed by atoms with E-state index in [1.165, 1.54) is 19.3 Å². The molecule has 0 saturated heterocycles. The SMILES string of the molecule is Nc1nc(NCCCC2CC2)nc(-n2ccnc2)n1. The molecule has 7 heteroatoms. The number of aromatic nitrogens is 5. The van der Waals surface area contributed by atoms with Gasteiger partial charge in [0.05, 0.1) is 0 Å². The van der Waals surface area contributed by atoms with Crippen molar-refractivity contribution in [3.63, 3.8) is 0 Å². The van der Waals surface area contributed by atoms with Crippen LogP contribution in [0, 0.1) is 5.92 Å². The molecule has 1 fully saturated rings. The van der Waals surface area contributed by atoms with Crippen LogP contribution in [0.2, 0.25) is 0 Å². The first-order valence-electron chi connectivity index (χ1n) is 6.55. The van der Waals surface area contributed by atoms with Crippen LogP contribution in [0.1, 0.15) is 25.7 Å². The Morgan fingerprint density at radius 1 is 1.32 bits per heavy atom. The van der Waals surface area contributed by atoms with E-state index in [2.05, 4.69) is 25.3 Å². The molecule has 0 bridgehead atoms. The first kappa shape index (κ1) is 11.9. The lowest BCUT2D eigenvalue weighted by Crippen LogP contribution is -2.11. The fourth-order valence-electron chi connectivity index (χ4n) is 1.95. The molecule has 1 aliphatic carbocycles. The zero-order chi connectivity index (χ0) is 13.1. The summed E-state index contributed by atoms with van der Waals surface area (Å²) in [6.45, 7) is 0.864. The van der Waals surface area contributed by atoms with E-state index in [1.54, 1.807) is 23.3 Å². The molecule has 0 atom stereocenters. The summed E-state index contributed by atoms with van der Waals surface area (Å²) in [6, 6.07) is 0. The average Bonchev–Trinajstić information content (AvgIpc) is 3.05. The number of nitrogens with two attached hydrogens (primary N) is 1. The fraction of sp³-hybridized carbons (Fsp3) is 0.500. The van der Waals surface area contributed by atoms with E-state index in [4.69, 9.17) is 5.73 Å². The number of nitrogen functional groups attached to an aromatic ring is 1. The summed E-state index contributed by atoms with van der Waals surface area (Å²) in [7, 11) is 0. The van der Waals surface area contributed by atoms with Crippen LogP contribution in [0.15, 0.2) is 18.7 Å². The zero-order valence-corrected chi connectivity index (χ0v) is 10.7. The van der Waals surface area contributed by atoms with Gasteiger partial charge in [-0.2, -0.15) is 15.0 Å². The van der Waals surface area contributed by atoms with Crippen LogP contribution in [-0.4, -0.2) is 31.0 Å². The quantitative estimate of drug-likeness (QED) is 0.758. The van der Waals surface area contributed by atoms with Crippen LogP contribution in [-0.2, 0) is 0 Å². The molecule has 1 aliphatic rings. The number of rotatable bonds is 6. The van der Waals surface area contributed by atoms with Crippen molar-refractivity contribution in [2.24, 2.45) is 5.92 Å². The lowest BCUT2D eigenvalue weighted by Gasteiger charge is -2.07. The minimum absolute atomic E-state index is 0.211. The zero-order valence-electron chi connectivity index (χ0n) is 10.7. The summed E-state index contributed by atoms with van der Waals surface area (Å²) in [5.74, 6) is 2.16. The minimum Gasteiger partial charge on any atom is -0.368 e. The van der Waals surface area contributed by atoms with Gasteiger partial charge in [-0.25, -0.2) is 4.98 Å². The van der Waals surface area contributed by atoms with E-state index in [0.717, 1.165) is 18.9 Å². The van der Waals surface area contributed by atoms with Crippen molar-refractivity contribution in [2.75, 3.05) is 17.6 Å². The van der Waals surface area contributed by atoms with Gasteiger partial charge < -0.3 is 11.1 Å². The van der Waals surface area contributed by atoms with E-state index in [1.807, 2.05) is 0 Å². The van der Waals surface area contributed by atoms with Crippen LogP contribution in [0.4, 0.5) is 11.9 Å². The van der Waals surface area contributed by atoms with Crippen LogP contribution in [0.25, 0.3) is 5.95 Å². The monoisotopic (exact) mass is 259 g/mol. The number of nitrogens with one attached hydrogen (secondary N) is 1. The van der Waals surface area contributed by atoms with Gasteiger partial charge in [-0.1, -0.05) is 12.8 Å². The fourth-order valence-corrected chi connectivity index (χ4v) is 1.95. The summed E-state index contributed by atoms with van der Waals surface area (Å²) in [6.07, 6.45) is 10.3. The Hall–Kier alpha value is -2.18. The van der Waals surface area contributed by atoms with Crippen molar-refractivity contribution in [3.8, 4) is 5.95 Å². The lowest BCUT2D eigenvalue weighted by molar-refractivity contribution is 0.685. The maximum atomic E-state index is 5.69. The Labute approximate surface area is 111 Å². The highest BCUT2D eigenvalue weighted by molar-refractivity contribution is 5.34. The Morgan fingerprint density at radius 2 is 2.21 bits per heavy atom. The number of anilines is 2. The van der Waals surface area contributed by atoms with Gasteiger partial charge in [0.2, 0.25) is 17.8 Å². The predicted octanol–water partition coefficient (Wildman–Crippen LogP) is 1.24. The standard InChI is InChI=1S/C12H17N7/c13-10-16-11(15-5-1-2-9-3-4-9)18-12(17-10)19-7-6-14-8-19/h6-9H,1-5H2,(H3,13,15,16,17,18). The van der Waals surface area contributed by atoms with Crippen molar-refractivity contribution in [3.05, 3.63) is 18.7 Å². The molecule has 2 aromatic rings. The van der Waals surface area contributed by atoms with Crippen LogP contribution in [0.3, 0.4) is 0 Å².